The third-order valence-corrected chi connectivity index (χ3v) is 6.35. The lowest BCUT2D eigenvalue weighted by molar-refractivity contribution is -0.134. The molecule has 1 aliphatic heterocycles. The van der Waals surface area contributed by atoms with Gasteiger partial charge in [0.05, 0.1) is 0 Å². The van der Waals surface area contributed by atoms with Gasteiger partial charge in [0.1, 0.15) is 5.75 Å². The van der Waals surface area contributed by atoms with Crippen LogP contribution in [0.1, 0.15) is 58.6 Å². The molecule has 3 nitrogen and oxygen atoms in total. The van der Waals surface area contributed by atoms with Gasteiger partial charge in [-0.2, -0.15) is 0 Å². The quantitative estimate of drug-likeness (QED) is 0.459. The summed E-state index contributed by atoms with van der Waals surface area (Å²) in [6, 6.07) is 6.85. The third kappa shape index (κ3) is 3.39. The van der Waals surface area contributed by atoms with E-state index in [0.717, 1.165) is 25.9 Å². The zero-order valence-corrected chi connectivity index (χ0v) is 16.3. The minimum Gasteiger partial charge on any atom is -0.427 e. The van der Waals surface area contributed by atoms with E-state index < -0.39 is 0 Å². The van der Waals surface area contributed by atoms with Crippen molar-refractivity contribution in [1.82, 2.24) is 4.90 Å². The van der Waals surface area contributed by atoms with E-state index in [1.165, 1.54) is 16.7 Å². The smallest absolute Gasteiger partial charge is 0.310 e. The summed E-state index contributed by atoms with van der Waals surface area (Å²) < 4.78 is 5.48. The topological polar surface area (TPSA) is 29.5 Å². The number of hydrogen-bond donors (Lipinski definition) is 0. The standard InChI is InChI=1S/C22H31NO2/c1-6-21(24)25-18-8-7-17-13-20-16(4)22(5,19(17)14-18)10-12-23(20)11-9-15(2)3/h7-9,14,16,20H,6,10-13H2,1-5H3/t16-,20?,22-/m1/s1. The van der Waals surface area contributed by atoms with Gasteiger partial charge in [-0.05, 0) is 67.8 Å². The molecule has 1 unspecified atom stereocenters. The average molecular weight is 341 g/mol. The first-order valence-corrected chi connectivity index (χ1v) is 9.56. The fraction of sp³-hybridized carbons (Fsp3) is 0.591. The van der Waals surface area contributed by atoms with Gasteiger partial charge in [0.15, 0.2) is 0 Å². The van der Waals surface area contributed by atoms with Crippen LogP contribution in [-0.2, 0) is 16.6 Å². The van der Waals surface area contributed by atoms with Gasteiger partial charge in [-0.1, -0.05) is 38.5 Å². The molecule has 1 saturated heterocycles. The van der Waals surface area contributed by atoms with E-state index in [0.29, 0.717) is 24.1 Å². The highest BCUT2D eigenvalue weighted by atomic mass is 16.5. The van der Waals surface area contributed by atoms with Crippen LogP contribution in [0.4, 0.5) is 0 Å². The van der Waals surface area contributed by atoms with E-state index in [9.17, 15) is 4.79 Å². The zero-order valence-electron chi connectivity index (χ0n) is 16.3. The number of likely N-dealkylation sites (tertiary alicyclic amines) is 1. The highest BCUT2D eigenvalue weighted by Gasteiger charge is 2.48. The third-order valence-electron chi connectivity index (χ3n) is 6.35. The van der Waals surface area contributed by atoms with E-state index in [1.807, 2.05) is 13.0 Å². The molecule has 1 heterocycles. The van der Waals surface area contributed by atoms with Crippen molar-refractivity contribution in [3.63, 3.8) is 0 Å². The molecule has 0 amide bonds. The van der Waals surface area contributed by atoms with Crippen LogP contribution in [-0.4, -0.2) is 30.0 Å². The van der Waals surface area contributed by atoms with Crippen molar-refractivity contribution in [2.24, 2.45) is 5.92 Å². The molecule has 0 saturated carbocycles. The number of carbonyl (C=O) groups is 1. The number of hydrogen-bond acceptors (Lipinski definition) is 3. The first-order valence-electron chi connectivity index (χ1n) is 9.56. The first kappa shape index (κ1) is 18.2. The highest BCUT2D eigenvalue weighted by molar-refractivity contribution is 5.72. The predicted molar refractivity (Wildman–Crippen MR) is 102 cm³/mol. The average Bonchev–Trinajstić information content (AvgIpc) is 2.57. The van der Waals surface area contributed by atoms with Crippen LogP contribution in [0.2, 0.25) is 0 Å². The van der Waals surface area contributed by atoms with E-state index in [-0.39, 0.29) is 11.4 Å². The van der Waals surface area contributed by atoms with Crippen LogP contribution >= 0.6 is 0 Å². The molecule has 3 heteroatoms. The number of benzene rings is 1. The second-order valence-electron chi connectivity index (χ2n) is 8.15. The molecular formula is C22H31NO2. The molecule has 1 aliphatic carbocycles. The van der Waals surface area contributed by atoms with Crippen molar-refractivity contribution in [2.45, 2.75) is 65.3 Å². The van der Waals surface area contributed by atoms with Gasteiger partial charge in [0.2, 0.25) is 0 Å². The maximum absolute atomic E-state index is 11.6. The summed E-state index contributed by atoms with van der Waals surface area (Å²) in [6.45, 7) is 13.2. The molecule has 0 radical (unpaired) electrons. The largest absolute Gasteiger partial charge is 0.427 e. The number of esters is 1. The lowest BCUT2D eigenvalue weighted by atomic mass is 9.59. The van der Waals surface area contributed by atoms with Gasteiger partial charge in [-0.3, -0.25) is 9.69 Å². The Morgan fingerprint density at radius 3 is 2.84 bits per heavy atom. The molecule has 1 aromatic carbocycles. The Morgan fingerprint density at radius 2 is 2.16 bits per heavy atom. The monoisotopic (exact) mass is 341 g/mol. The van der Waals surface area contributed by atoms with Crippen molar-refractivity contribution >= 4 is 5.97 Å². The normalized spacial score (nSPS) is 28.2. The van der Waals surface area contributed by atoms with Gasteiger partial charge in [-0.25, -0.2) is 0 Å². The predicted octanol–water partition coefficient (Wildman–Crippen LogP) is 4.49. The molecule has 0 N–H and O–H groups in total. The van der Waals surface area contributed by atoms with Gasteiger partial charge in [0.25, 0.3) is 0 Å². The Morgan fingerprint density at radius 1 is 1.40 bits per heavy atom. The van der Waals surface area contributed by atoms with Gasteiger partial charge in [0, 0.05) is 19.0 Å². The second kappa shape index (κ2) is 6.95. The molecular weight excluding hydrogens is 310 g/mol. The fourth-order valence-electron chi connectivity index (χ4n) is 4.48. The number of allylic oxidation sites excluding steroid dienone is 1. The van der Waals surface area contributed by atoms with E-state index in [1.54, 1.807) is 0 Å². The molecule has 3 atom stereocenters. The van der Waals surface area contributed by atoms with Gasteiger partial charge < -0.3 is 4.74 Å². The fourth-order valence-corrected chi connectivity index (χ4v) is 4.48. The SMILES string of the molecule is CCC(=O)Oc1ccc2c(c1)[C@]1(C)CCN(CC=C(C)C)C(C2)[C@H]1C. The van der Waals surface area contributed by atoms with Gasteiger partial charge in [-0.15, -0.1) is 0 Å². The summed E-state index contributed by atoms with van der Waals surface area (Å²) in [5.74, 6) is 1.13. The summed E-state index contributed by atoms with van der Waals surface area (Å²) in [5, 5.41) is 0. The number of rotatable bonds is 4. The van der Waals surface area contributed by atoms with E-state index >= 15 is 0 Å². The van der Waals surface area contributed by atoms with Crippen molar-refractivity contribution in [3.8, 4) is 5.75 Å². The maximum Gasteiger partial charge on any atom is 0.310 e. The molecule has 1 aromatic rings. The molecule has 2 aliphatic rings. The van der Waals surface area contributed by atoms with Gasteiger partial charge >= 0.3 is 5.97 Å². The van der Waals surface area contributed by atoms with Crippen molar-refractivity contribution in [2.75, 3.05) is 13.1 Å². The summed E-state index contributed by atoms with van der Waals surface area (Å²) >= 11 is 0. The van der Waals surface area contributed by atoms with E-state index in [2.05, 4.69) is 50.8 Å². The zero-order chi connectivity index (χ0) is 18.2. The Kier molecular flexibility index (Phi) is 5.06. The van der Waals surface area contributed by atoms with Crippen LogP contribution in [0.25, 0.3) is 0 Å². The molecule has 136 valence electrons. The minimum absolute atomic E-state index is 0.161. The number of fused-ring (bicyclic) bond motifs is 4. The number of nitrogens with zero attached hydrogens (tertiary/aromatic N) is 1. The summed E-state index contributed by atoms with van der Waals surface area (Å²) in [6.07, 6.45) is 4.99. The van der Waals surface area contributed by atoms with Crippen molar-refractivity contribution in [1.29, 1.82) is 0 Å². The summed E-state index contributed by atoms with van der Waals surface area (Å²) in [5.41, 5.74) is 4.36. The van der Waals surface area contributed by atoms with Crippen molar-refractivity contribution in [3.05, 3.63) is 41.0 Å². The Hall–Kier alpha value is -1.61. The Balaban J connectivity index is 1.90. The van der Waals surface area contributed by atoms with Crippen LogP contribution in [0.5, 0.6) is 5.75 Å². The number of piperidine rings is 1. The van der Waals surface area contributed by atoms with Crippen LogP contribution in [0.15, 0.2) is 29.8 Å². The minimum atomic E-state index is -0.164. The highest BCUT2D eigenvalue weighted by Crippen LogP contribution is 2.49. The molecule has 2 bridgehead atoms. The lowest BCUT2D eigenvalue weighted by Gasteiger charge is -2.54. The maximum atomic E-state index is 11.6. The molecule has 25 heavy (non-hydrogen) atoms. The number of ether oxygens (including phenoxy) is 1. The summed E-state index contributed by atoms with van der Waals surface area (Å²) in [7, 11) is 0. The molecule has 0 aromatic heterocycles. The number of carbonyl (C=O) groups excluding carboxylic acids is 1. The molecule has 0 spiro atoms. The molecule has 3 rings (SSSR count). The van der Waals surface area contributed by atoms with Crippen LogP contribution in [0.3, 0.4) is 0 Å². The first-order chi connectivity index (χ1) is 11.8. The van der Waals surface area contributed by atoms with Crippen molar-refractivity contribution < 1.29 is 9.53 Å². The van der Waals surface area contributed by atoms with Crippen LogP contribution < -0.4 is 4.74 Å². The van der Waals surface area contributed by atoms with Crippen LogP contribution in [0, 0.1) is 5.92 Å². The Labute approximate surface area is 152 Å². The second-order valence-corrected chi connectivity index (χ2v) is 8.15. The molecule has 1 fully saturated rings. The summed E-state index contributed by atoms with van der Waals surface area (Å²) in [4.78, 5) is 14.3. The lowest BCUT2D eigenvalue weighted by Crippen LogP contribution is -2.57. The Bertz CT molecular complexity index is 689. The van der Waals surface area contributed by atoms with E-state index in [4.69, 9.17) is 4.74 Å².